The Morgan fingerprint density at radius 3 is 2.90 bits per heavy atom. The predicted octanol–water partition coefficient (Wildman–Crippen LogP) is 3.68. The largest absolute Gasteiger partial charge is 0.333 e. The van der Waals surface area contributed by atoms with Gasteiger partial charge in [-0.25, -0.2) is 4.98 Å². The van der Waals surface area contributed by atoms with E-state index in [2.05, 4.69) is 18.0 Å². The maximum atomic E-state index is 12.5. The molecule has 0 aliphatic carbocycles. The van der Waals surface area contributed by atoms with Gasteiger partial charge in [-0.1, -0.05) is 41.4 Å². The van der Waals surface area contributed by atoms with Crippen molar-refractivity contribution in [3.8, 4) is 0 Å². The second-order valence-corrected chi connectivity index (χ2v) is 5.47. The molecule has 0 atom stereocenters. The van der Waals surface area contributed by atoms with Crippen molar-refractivity contribution in [2.75, 3.05) is 13.1 Å². The van der Waals surface area contributed by atoms with Crippen molar-refractivity contribution in [1.29, 1.82) is 0 Å². The molecule has 1 aromatic heterocycles. The highest BCUT2D eigenvalue weighted by Gasteiger charge is 2.19. The third-order valence-corrected chi connectivity index (χ3v) is 3.92. The Bertz CT molecular complexity index is 709. The van der Waals surface area contributed by atoms with E-state index in [9.17, 15) is 4.79 Å². The fraction of sp³-hybridized carbons (Fsp3) is 0.250. The Hall–Kier alpha value is -1.87. The van der Waals surface area contributed by atoms with Crippen LogP contribution in [0, 0.1) is 0 Å². The quantitative estimate of drug-likeness (QED) is 0.749. The number of rotatable bonds is 1. The first kappa shape index (κ1) is 13.1. The summed E-state index contributed by atoms with van der Waals surface area (Å²) in [6.45, 7) is 3.48. The van der Waals surface area contributed by atoms with Gasteiger partial charge in [0.25, 0.3) is 5.91 Å². The monoisotopic (exact) mass is 286 g/mol. The van der Waals surface area contributed by atoms with Crippen molar-refractivity contribution in [1.82, 2.24) is 9.88 Å². The molecule has 3 nitrogen and oxygen atoms in total. The van der Waals surface area contributed by atoms with Gasteiger partial charge in [0.2, 0.25) is 0 Å². The van der Waals surface area contributed by atoms with Crippen LogP contribution in [0.4, 0.5) is 0 Å². The van der Waals surface area contributed by atoms with E-state index in [0.717, 1.165) is 23.9 Å². The summed E-state index contributed by atoms with van der Waals surface area (Å²) in [5.41, 5.74) is 2.51. The number of para-hydroxylation sites is 1. The summed E-state index contributed by atoms with van der Waals surface area (Å²) in [6.07, 6.45) is 3.01. The van der Waals surface area contributed by atoms with Crippen molar-refractivity contribution in [2.45, 2.75) is 13.3 Å². The molecule has 0 unspecified atom stereocenters. The number of hydrogen-bond donors (Lipinski definition) is 0. The molecule has 0 N–H and O–H groups in total. The van der Waals surface area contributed by atoms with Crippen molar-refractivity contribution in [3.63, 3.8) is 0 Å². The zero-order chi connectivity index (χ0) is 14.1. The van der Waals surface area contributed by atoms with E-state index in [1.54, 1.807) is 11.0 Å². The number of carbonyl (C=O) groups excluding carboxylic acids is 1. The lowest BCUT2D eigenvalue weighted by Crippen LogP contribution is -2.35. The fourth-order valence-corrected chi connectivity index (χ4v) is 2.62. The van der Waals surface area contributed by atoms with E-state index in [1.807, 2.05) is 24.3 Å². The lowest BCUT2D eigenvalue weighted by molar-refractivity contribution is 0.0763. The van der Waals surface area contributed by atoms with Gasteiger partial charge < -0.3 is 4.90 Å². The van der Waals surface area contributed by atoms with Gasteiger partial charge in [-0.15, -0.1) is 0 Å². The van der Waals surface area contributed by atoms with Gasteiger partial charge >= 0.3 is 0 Å². The van der Waals surface area contributed by atoms with Crippen molar-refractivity contribution >= 4 is 28.4 Å². The summed E-state index contributed by atoms with van der Waals surface area (Å²) in [5, 5.41) is 1.45. The lowest BCUT2D eigenvalue weighted by Gasteiger charge is -2.25. The molecular weight excluding hydrogens is 272 g/mol. The van der Waals surface area contributed by atoms with E-state index in [4.69, 9.17) is 11.6 Å². The number of hydrogen-bond acceptors (Lipinski definition) is 2. The minimum Gasteiger partial charge on any atom is -0.333 e. The minimum atomic E-state index is -0.0543. The molecule has 0 bridgehead atoms. The van der Waals surface area contributed by atoms with E-state index < -0.39 is 0 Å². The average Bonchev–Trinajstić information content (AvgIpc) is 2.47. The number of halogens is 1. The highest BCUT2D eigenvalue weighted by atomic mass is 35.5. The van der Waals surface area contributed by atoms with Gasteiger partial charge in [0.15, 0.2) is 0 Å². The first-order valence-corrected chi connectivity index (χ1v) is 7.03. The molecule has 1 aliphatic heterocycles. The first-order valence-electron chi connectivity index (χ1n) is 6.65. The molecule has 1 aromatic carbocycles. The molecule has 0 spiro atoms. The van der Waals surface area contributed by atoms with Crippen LogP contribution in [0.1, 0.15) is 23.8 Å². The Labute approximate surface area is 122 Å². The summed E-state index contributed by atoms with van der Waals surface area (Å²) >= 11 is 6.25. The second kappa shape index (κ2) is 5.25. The molecule has 102 valence electrons. The number of benzene rings is 1. The second-order valence-electron chi connectivity index (χ2n) is 5.06. The number of fused-ring (bicyclic) bond motifs is 1. The van der Waals surface area contributed by atoms with Crippen LogP contribution in [-0.2, 0) is 0 Å². The Morgan fingerprint density at radius 2 is 2.15 bits per heavy atom. The molecule has 0 fully saturated rings. The molecule has 0 saturated carbocycles. The predicted molar refractivity (Wildman–Crippen MR) is 81.0 cm³/mol. The van der Waals surface area contributed by atoms with Gasteiger partial charge in [-0.3, -0.25) is 4.79 Å². The molecule has 1 amide bonds. The molecule has 0 saturated heterocycles. The summed E-state index contributed by atoms with van der Waals surface area (Å²) in [5.74, 6) is -0.0543. The van der Waals surface area contributed by atoms with Gasteiger partial charge in [0, 0.05) is 18.5 Å². The van der Waals surface area contributed by atoms with Gasteiger partial charge in [-0.05, 0) is 25.5 Å². The zero-order valence-electron chi connectivity index (χ0n) is 11.3. The van der Waals surface area contributed by atoms with Crippen LogP contribution in [0.5, 0.6) is 0 Å². The molecule has 3 rings (SSSR count). The minimum absolute atomic E-state index is 0.0543. The van der Waals surface area contributed by atoms with E-state index >= 15 is 0 Å². The molecule has 2 heterocycles. The van der Waals surface area contributed by atoms with Crippen molar-refractivity contribution in [3.05, 3.63) is 52.7 Å². The fourth-order valence-electron chi connectivity index (χ4n) is 2.36. The molecular formula is C16H15ClN2O. The SMILES string of the molecule is CC1=CCN(C(=O)c2cc(Cl)c3ccccc3n2)CC1. The van der Waals surface area contributed by atoms with Crippen LogP contribution in [0.25, 0.3) is 10.9 Å². The average molecular weight is 287 g/mol. The number of nitrogens with zero attached hydrogens (tertiary/aromatic N) is 2. The van der Waals surface area contributed by atoms with Crippen LogP contribution >= 0.6 is 11.6 Å². The molecule has 1 aliphatic rings. The van der Waals surface area contributed by atoms with Crippen molar-refractivity contribution in [2.24, 2.45) is 0 Å². The van der Waals surface area contributed by atoms with Crippen LogP contribution in [0.15, 0.2) is 42.0 Å². The van der Waals surface area contributed by atoms with Crippen LogP contribution in [0.2, 0.25) is 5.02 Å². The molecule has 4 heteroatoms. The number of aromatic nitrogens is 1. The zero-order valence-corrected chi connectivity index (χ0v) is 12.0. The molecule has 2 aromatic rings. The van der Waals surface area contributed by atoms with Crippen LogP contribution in [0.3, 0.4) is 0 Å². The van der Waals surface area contributed by atoms with E-state index in [-0.39, 0.29) is 5.91 Å². The number of carbonyl (C=O) groups is 1. The van der Waals surface area contributed by atoms with Crippen LogP contribution < -0.4 is 0 Å². The normalized spacial score (nSPS) is 15.3. The molecule has 20 heavy (non-hydrogen) atoms. The first-order chi connectivity index (χ1) is 9.65. The highest BCUT2D eigenvalue weighted by Crippen LogP contribution is 2.24. The van der Waals surface area contributed by atoms with Gasteiger partial charge in [0.05, 0.1) is 10.5 Å². The third kappa shape index (κ3) is 2.41. The Balaban J connectivity index is 1.96. The van der Waals surface area contributed by atoms with Crippen LogP contribution in [-0.4, -0.2) is 28.9 Å². The number of pyridine rings is 1. The van der Waals surface area contributed by atoms with Crippen molar-refractivity contribution < 1.29 is 4.79 Å². The third-order valence-electron chi connectivity index (χ3n) is 3.61. The Morgan fingerprint density at radius 1 is 1.35 bits per heavy atom. The highest BCUT2D eigenvalue weighted by molar-refractivity contribution is 6.35. The summed E-state index contributed by atoms with van der Waals surface area (Å²) in [6, 6.07) is 9.25. The van der Waals surface area contributed by atoms with Gasteiger partial charge in [-0.2, -0.15) is 0 Å². The summed E-state index contributed by atoms with van der Waals surface area (Å²) in [7, 11) is 0. The van der Waals surface area contributed by atoms with E-state index in [1.165, 1.54) is 5.57 Å². The summed E-state index contributed by atoms with van der Waals surface area (Å²) in [4.78, 5) is 18.7. The maximum absolute atomic E-state index is 12.5. The Kier molecular flexibility index (Phi) is 3.45. The number of amides is 1. The standard InChI is InChI=1S/C16H15ClN2O/c1-11-6-8-19(9-7-11)16(20)15-10-13(17)12-4-2-3-5-14(12)18-15/h2-6,10H,7-9H2,1H3. The van der Waals surface area contributed by atoms with Gasteiger partial charge in [0.1, 0.15) is 5.69 Å². The smallest absolute Gasteiger partial charge is 0.272 e. The topological polar surface area (TPSA) is 33.2 Å². The van der Waals surface area contributed by atoms with E-state index in [0.29, 0.717) is 17.3 Å². The maximum Gasteiger partial charge on any atom is 0.272 e. The lowest BCUT2D eigenvalue weighted by atomic mass is 10.1. The summed E-state index contributed by atoms with van der Waals surface area (Å²) < 4.78 is 0. The molecule has 0 radical (unpaired) electrons.